The summed E-state index contributed by atoms with van der Waals surface area (Å²) < 4.78 is 5.85. The molecule has 1 fully saturated rings. The van der Waals surface area contributed by atoms with Crippen molar-refractivity contribution in [3.8, 4) is 5.75 Å². The molecule has 1 atom stereocenters. The molecular formula is C21H24N4O4. The van der Waals surface area contributed by atoms with Gasteiger partial charge in [0.2, 0.25) is 0 Å². The second kappa shape index (κ2) is 8.57. The lowest BCUT2D eigenvalue weighted by Crippen LogP contribution is -2.39. The van der Waals surface area contributed by atoms with Crippen LogP contribution in [0.4, 0.5) is 0 Å². The van der Waals surface area contributed by atoms with E-state index in [9.17, 15) is 9.90 Å². The number of benzene rings is 2. The summed E-state index contributed by atoms with van der Waals surface area (Å²) in [7, 11) is 0. The molecule has 2 aromatic carbocycles. The molecule has 8 heteroatoms. The van der Waals surface area contributed by atoms with E-state index in [2.05, 4.69) is 0 Å². The third-order valence-electron chi connectivity index (χ3n) is 4.74. The number of allylic oxidation sites excluding steroid dienone is 1. The molecule has 8 nitrogen and oxygen atoms in total. The molecule has 0 bridgehead atoms. The van der Waals surface area contributed by atoms with E-state index in [-0.39, 0.29) is 23.2 Å². The van der Waals surface area contributed by atoms with E-state index in [4.69, 9.17) is 27.0 Å². The molecule has 2 aromatic rings. The van der Waals surface area contributed by atoms with Gasteiger partial charge < -0.3 is 37.1 Å². The van der Waals surface area contributed by atoms with Crippen LogP contribution in [-0.2, 0) is 4.74 Å². The molecule has 8 N–H and O–H groups in total. The number of morpholine rings is 1. The van der Waals surface area contributed by atoms with Crippen molar-refractivity contribution in [2.75, 3.05) is 19.7 Å². The van der Waals surface area contributed by atoms with Crippen LogP contribution in [0.5, 0.6) is 5.75 Å². The summed E-state index contributed by atoms with van der Waals surface area (Å²) >= 11 is 0. The third kappa shape index (κ3) is 4.61. The van der Waals surface area contributed by atoms with Crippen LogP contribution >= 0.6 is 0 Å². The predicted octanol–water partition coefficient (Wildman–Crippen LogP) is 1.55. The topological polar surface area (TPSA) is 148 Å². The predicted molar refractivity (Wildman–Crippen MR) is 109 cm³/mol. The molecule has 0 saturated carbocycles. The van der Waals surface area contributed by atoms with E-state index >= 15 is 0 Å². The molecule has 1 aliphatic heterocycles. The van der Waals surface area contributed by atoms with Gasteiger partial charge in [-0.1, -0.05) is 24.3 Å². The van der Waals surface area contributed by atoms with E-state index in [1.54, 1.807) is 54.6 Å². The van der Waals surface area contributed by atoms with E-state index < -0.39 is 5.97 Å². The fraction of sp³-hybridized carbons (Fsp3) is 0.190. The van der Waals surface area contributed by atoms with Gasteiger partial charge >= 0.3 is 5.97 Å². The van der Waals surface area contributed by atoms with Gasteiger partial charge in [0.1, 0.15) is 17.7 Å². The Morgan fingerprint density at radius 3 is 2.41 bits per heavy atom. The lowest BCUT2D eigenvalue weighted by atomic mass is 10.0. The van der Waals surface area contributed by atoms with E-state index in [0.29, 0.717) is 36.7 Å². The average Bonchev–Trinajstić information content (AvgIpc) is 2.72. The smallest absolute Gasteiger partial charge is 0.335 e. The Labute approximate surface area is 168 Å². The highest BCUT2D eigenvalue weighted by Crippen LogP contribution is 2.27. The van der Waals surface area contributed by atoms with Gasteiger partial charge in [-0.2, -0.15) is 0 Å². The molecular weight excluding hydrogens is 372 g/mol. The molecule has 0 amide bonds. The zero-order valence-corrected chi connectivity index (χ0v) is 15.8. The number of phenolic OH excluding ortho intramolecular Hbond substituents is 1. The molecule has 1 saturated heterocycles. The van der Waals surface area contributed by atoms with E-state index in [1.807, 2.05) is 4.90 Å². The number of nitrogens with zero attached hydrogens (tertiary/aromatic N) is 1. The van der Waals surface area contributed by atoms with Gasteiger partial charge in [0.15, 0.2) is 0 Å². The summed E-state index contributed by atoms with van der Waals surface area (Å²) in [6, 6.07) is 13.3. The van der Waals surface area contributed by atoms with Crippen molar-refractivity contribution in [2.24, 2.45) is 17.2 Å². The first kappa shape index (κ1) is 20.1. The fourth-order valence-corrected chi connectivity index (χ4v) is 3.21. The van der Waals surface area contributed by atoms with Crippen molar-refractivity contribution in [3.05, 3.63) is 82.8 Å². The van der Waals surface area contributed by atoms with Crippen molar-refractivity contribution in [3.63, 3.8) is 0 Å². The number of rotatable bonds is 5. The van der Waals surface area contributed by atoms with Gasteiger partial charge in [-0.3, -0.25) is 0 Å². The molecule has 0 aromatic heterocycles. The first-order valence-corrected chi connectivity index (χ1v) is 9.07. The highest BCUT2D eigenvalue weighted by molar-refractivity contribution is 5.87. The third-order valence-corrected chi connectivity index (χ3v) is 4.74. The zero-order valence-electron chi connectivity index (χ0n) is 15.8. The molecule has 1 heterocycles. The second-order valence-electron chi connectivity index (χ2n) is 6.69. The lowest BCUT2D eigenvalue weighted by molar-refractivity contribution is -0.0172. The largest absolute Gasteiger partial charge is 0.507 e. The Balaban J connectivity index is 1.83. The second-order valence-corrected chi connectivity index (χ2v) is 6.69. The van der Waals surface area contributed by atoms with Gasteiger partial charge in [0, 0.05) is 24.4 Å². The minimum absolute atomic E-state index is 0.0644. The van der Waals surface area contributed by atoms with Crippen molar-refractivity contribution in [2.45, 2.75) is 6.10 Å². The van der Waals surface area contributed by atoms with Gasteiger partial charge in [0.05, 0.1) is 17.9 Å². The number of aromatic hydroxyl groups is 1. The number of para-hydroxylation sites is 1. The monoisotopic (exact) mass is 396 g/mol. The van der Waals surface area contributed by atoms with Gasteiger partial charge in [-0.15, -0.1) is 0 Å². The summed E-state index contributed by atoms with van der Waals surface area (Å²) in [6.07, 6.45) is 1.36. The van der Waals surface area contributed by atoms with Crippen molar-refractivity contribution < 1.29 is 19.7 Å². The maximum absolute atomic E-state index is 11.0. The number of aromatic carboxylic acids is 1. The molecule has 0 radical (unpaired) electrons. The lowest BCUT2D eigenvalue weighted by Gasteiger charge is -2.35. The van der Waals surface area contributed by atoms with Crippen LogP contribution in [0.2, 0.25) is 0 Å². The molecule has 152 valence electrons. The zero-order chi connectivity index (χ0) is 21.0. The van der Waals surface area contributed by atoms with Crippen molar-refractivity contribution in [1.29, 1.82) is 0 Å². The average molecular weight is 396 g/mol. The Hall–Kier alpha value is -3.65. The number of carboxylic acid groups (broad SMARTS) is 1. The van der Waals surface area contributed by atoms with Crippen molar-refractivity contribution in [1.82, 2.24) is 4.90 Å². The highest BCUT2D eigenvalue weighted by Gasteiger charge is 2.24. The summed E-state index contributed by atoms with van der Waals surface area (Å²) in [5.41, 5.74) is 20.4. The van der Waals surface area contributed by atoms with Crippen LogP contribution in [0.3, 0.4) is 0 Å². The maximum Gasteiger partial charge on any atom is 0.335 e. The summed E-state index contributed by atoms with van der Waals surface area (Å²) in [6.45, 7) is 1.46. The number of hydrogen-bond acceptors (Lipinski definition) is 7. The normalized spacial score (nSPS) is 17.0. The molecule has 1 aliphatic rings. The number of hydrogen-bond donors (Lipinski definition) is 5. The van der Waals surface area contributed by atoms with Crippen LogP contribution in [0.25, 0.3) is 5.70 Å². The number of carbonyl (C=O) groups is 1. The minimum Gasteiger partial charge on any atom is -0.507 e. The van der Waals surface area contributed by atoms with Crippen LogP contribution in [-0.4, -0.2) is 40.8 Å². The summed E-state index contributed by atoms with van der Waals surface area (Å²) in [5.74, 6) is -0.812. The summed E-state index contributed by atoms with van der Waals surface area (Å²) in [5, 5.41) is 19.1. The molecule has 1 unspecified atom stereocenters. The van der Waals surface area contributed by atoms with Gasteiger partial charge in [-0.05, 0) is 35.9 Å². The molecule has 0 spiro atoms. The Kier molecular flexibility index (Phi) is 5.94. The quantitative estimate of drug-likeness (QED) is 0.478. The number of carboxylic acids is 1. The SMILES string of the molecule is NC(N)=C(/C=C(\N)c1ccccc1O)N1CCOC(c2ccc(C(=O)O)cc2)C1. The number of ether oxygens (including phenoxy) is 1. The Morgan fingerprint density at radius 2 is 1.79 bits per heavy atom. The molecule has 29 heavy (non-hydrogen) atoms. The van der Waals surface area contributed by atoms with Crippen LogP contribution < -0.4 is 17.2 Å². The first-order valence-electron chi connectivity index (χ1n) is 9.07. The number of nitrogens with two attached hydrogens (primary N) is 3. The maximum atomic E-state index is 11.0. The van der Waals surface area contributed by atoms with E-state index in [0.717, 1.165) is 5.56 Å². The Bertz CT molecular complexity index is 949. The minimum atomic E-state index is -0.978. The van der Waals surface area contributed by atoms with Crippen LogP contribution in [0.1, 0.15) is 27.6 Å². The first-order chi connectivity index (χ1) is 13.9. The summed E-state index contributed by atoms with van der Waals surface area (Å²) in [4.78, 5) is 13.0. The Morgan fingerprint density at radius 1 is 1.10 bits per heavy atom. The van der Waals surface area contributed by atoms with Gasteiger partial charge in [0.25, 0.3) is 0 Å². The van der Waals surface area contributed by atoms with Gasteiger partial charge in [-0.25, -0.2) is 4.79 Å². The van der Waals surface area contributed by atoms with Crippen LogP contribution in [0, 0.1) is 0 Å². The number of phenols is 1. The van der Waals surface area contributed by atoms with Crippen molar-refractivity contribution >= 4 is 11.7 Å². The molecule has 0 aliphatic carbocycles. The standard InChI is InChI=1S/C21H24N4O4/c22-16(15-3-1-2-4-18(15)26)11-17(20(23)24)25-9-10-29-19(12-25)13-5-7-14(8-6-13)21(27)28/h1-8,11,19,26H,9-10,12,22-24H2,(H,27,28)/b16-11-. The molecule has 3 rings (SSSR count). The van der Waals surface area contributed by atoms with Crippen LogP contribution in [0.15, 0.2) is 66.1 Å². The highest BCUT2D eigenvalue weighted by atomic mass is 16.5. The fourth-order valence-electron chi connectivity index (χ4n) is 3.21. The van der Waals surface area contributed by atoms with E-state index in [1.165, 1.54) is 0 Å².